The molecule has 0 radical (unpaired) electrons. The van der Waals surface area contributed by atoms with E-state index in [1.54, 1.807) is 12.1 Å². The number of alkyl halides is 3. The van der Waals surface area contributed by atoms with E-state index in [0.29, 0.717) is 5.69 Å². The Hall–Kier alpha value is -2.31. The van der Waals surface area contributed by atoms with Gasteiger partial charge < -0.3 is 10.6 Å². The van der Waals surface area contributed by atoms with E-state index in [4.69, 9.17) is 0 Å². The molecule has 24 heavy (non-hydrogen) atoms. The first kappa shape index (κ1) is 16.5. The second-order valence-electron chi connectivity index (χ2n) is 6.08. The van der Waals surface area contributed by atoms with Crippen molar-refractivity contribution in [2.75, 3.05) is 10.6 Å². The zero-order valence-corrected chi connectivity index (χ0v) is 13.3. The highest BCUT2D eigenvalue weighted by Gasteiger charge is 2.34. The van der Waals surface area contributed by atoms with Crippen LogP contribution in [0.25, 0.3) is 0 Å². The Labute approximate surface area is 138 Å². The van der Waals surface area contributed by atoms with Gasteiger partial charge in [0, 0.05) is 17.8 Å². The largest absolute Gasteiger partial charge is 0.433 e. The normalized spacial score (nSPS) is 15.5. The molecule has 1 heterocycles. The van der Waals surface area contributed by atoms with Crippen LogP contribution in [0.5, 0.6) is 0 Å². The van der Waals surface area contributed by atoms with Gasteiger partial charge in [-0.25, -0.2) is 4.98 Å². The third kappa shape index (κ3) is 4.15. The molecule has 1 aromatic heterocycles. The molecule has 0 bridgehead atoms. The second-order valence-corrected chi connectivity index (χ2v) is 6.08. The van der Waals surface area contributed by atoms with Crippen LogP contribution in [-0.2, 0) is 6.18 Å². The van der Waals surface area contributed by atoms with Gasteiger partial charge in [0.15, 0.2) is 5.69 Å². The SMILES string of the molecule is Cc1ccc(Nc2cc(C(F)(F)F)nc(NC3CCCC3)n2)cc1. The lowest BCUT2D eigenvalue weighted by molar-refractivity contribution is -0.141. The fourth-order valence-electron chi connectivity index (χ4n) is 2.76. The summed E-state index contributed by atoms with van der Waals surface area (Å²) < 4.78 is 39.3. The Morgan fingerprint density at radius 2 is 1.71 bits per heavy atom. The predicted molar refractivity (Wildman–Crippen MR) is 87.4 cm³/mol. The van der Waals surface area contributed by atoms with E-state index in [2.05, 4.69) is 20.6 Å². The molecule has 7 heteroatoms. The van der Waals surface area contributed by atoms with Crippen molar-refractivity contribution in [2.45, 2.75) is 44.8 Å². The summed E-state index contributed by atoms with van der Waals surface area (Å²) in [5.74, 6) is 0.146. The highest BCUT2D eigenvalue weighted by atomic mass is 19.4. The molecule has 1 fully saturated rings. The van der Waals surface area contributed by atoms with Crippen molar-refractivity contribution in [2.24, 2.45) is 0 Å². The number of nitrogens with zero attached hydrogens (tertiary/aromatic N) is 2. The van der Waals surface area contributed by atoms with Gasteiger partial charge in [0.05, 0.1) is 0 Å². The van der Waals surface area contributed by atoms with E-state index in [1.807, 2.05) is 19.1 Å². The van der Waals surface area contributed by atoms with Gasteiger partial charge in [-0.1, -0.05) is 30.5 Å². The van der Waals surface area contributed by atoms with Crippen LogP contribution in [0.4, 0.5) is 30.6 Å². The number of rotatable bonds is 4. The van der Waals surface area contributed by atoms with E-state index in [1.165, 1.54) is 0 Å². The van der Waals surface area contributed by atoms with Gasteiger partial charge >= 0.3 is 6.18 Å². The van der Waals surface area contributed by atoms with Gasteiger partial charge in [-0.2, -0.15) is 18.2 Å². The van der Waals surface area contributed by atoms with Crippen LogP contribution in [0.3, 0.4) is 0 Å². The molecule has 0 aliphatic heterocycles. The molecule has 0 spiro atoms. The number of nitrogens with one attached hydrogen (secondary N) is 2. The average Bonchev–Trinajstić information content (AvgIpc) is 3.01. The third-order valence-electron chi connectivity index (χ3n) is 4.03. The maximum Gasteiger partial charge on any atom is 0.433 e. The molecular formula is C17H19F3N4. The Balaban J connectivity index is 1.87. The summed E-state index contributed by atoms with van der Waals surface area (Å²) in [5, 5.41) is 5.94. The van der Waals surface area contributed by atoms with Crippen LogP contribution in [-0.4, -0.2) is 16.0 Å². The molecular weight excluding hydrogens is 317 g/mol. The number of hydrogen-bond donors (Lipinski definition) is 2. The quantitative estimate of drug-likeness (QED) is 0.833. The number of anilines is 3. The summed E-state index contributed by atoms with van der Waals surface area (Å²) in [6, 6.07) is 8.43. The lowest BCUT2D eigenvalue weighted by Gasteiger charge is -2.15. The van der Waals surface area contributed by atoms with Gasteiger partial charge in [-0.3, -0.25) is 0 Å². The van der Waals surface area contributed by atoms with E-state index in [0.717, 1.165) is 37.3 Å². The maximum atomic E-state index is 13.1. The highest BCUT2D eigenvalue weighted by molar-refractivity contribution is 5.58. The van der Waals surface area contributed by atoms with Crippen LogP contribution >= 0.6 is 0 Å². The van der Waals surface area contributed by atoms with Crippen LogP contribution in [0.1, 0.15) is 36.9 Å². The van der Waals surface area contributed by atoms with E-state index in [9.17, 15) is 13.2 Å². The molecule has 4 nitrogen and oxygen atoms in total. The van der Waals surface area contributed by atoms with Gasteiger partial charge in [0.1, 0.15) is 5.82 Å². The van der Waals surface area contributed by atoms with E-state index >= 15 is 0 Å². The number of halogens is 3. The van der Waals surface area contributed by atoms with Crippen molar-refractivity contribution in [3.8, 4) is 0 Å². The minimum absolute atomic E-state index is 0.0198. The lowest BCUT2D eigenvalue weighted by Crippen LogP contribution is -2.19. The first-order valence-corrected chi connectivity index (χ1v) is 7.97. The van der Waals surface area contributed by atoms with Crippen LogP contribution < -0.4 is 10.6 Å². The number of benzene rings is 1. The maximum absolute atomic E-state index is 13.1. The molecule has 128 valence electrons. The van der Waals surface area contributed by atoms with Gasteiger partial charge in [-0.15, -0.1) is 0 Å². The molecule has 0 amide bonds. The van der Waals surface area contributed by atoms with Crippen molar-refractivity contribution in [1.82, 2.24) is 9.97 Å². The molecule has 2 aromatic rings. The fraction of sp³-hybridized carbons (Fsp3) is 0.412. The van der Waals surface area contributed by atoms with Crippen LogP contribution in [0.2, 0.25) is 0 Å². The third-order valence-corrected chi connectivity index (χ3v) is 4.03. The summed E-state index contributed by atoms with van der Waals surface area (Å²) in [4.78, 5) is 7.83. The van der Waals surface area contributed by atoms with Crippen molar-refractivity contribution < 1.29 is 13.2 Å². The summed E-state index contributed by atoms with van der Waals surface area (Å²) in [5.41, 5.74) is 0.801. The molecule has 0 atom stereocenters. The summed E-state index contributed by atoms with van der Waals surface area (Å²) in [7, 11) is 0. The number of aryl methyl sites for hydroxylation is 1. The first-order valence-electron chi connectivity index (χ1n) is 7.97. The van der Waals surface area contributed by atoms with Gasteiger partial charge in [0.25, 0.3) is 0 Å². The molecule has 3 rings (SSSR count). The Morgan fingerprint density at radius 3 is 2.33 bits per heavy atom. The van der Waals surface area contributed by atoms with Crippen LogP contribution in [0, 0.1) is 6.92 Å². The molecule has 1 aliphatic rings. The molecule has 1 saturated carbocycles. The smallest absolute Gasteiger partial charge is 0.351 e. The molecule has 1 aromatic carbocycles. The summed E-state index contributed by atoms with van der Waals surface area (Å²) >= 11 is 0. The molecule has 0 unspecified atom stereocenters. The van der Waals surface area contributed by atoms with Crippen molar-refractivity contribution in [3.63, 3.8) is 0 Å². The molecule has 1 aliphatic carbocycles. The standard InChI is InChI=1S/C17H19F3N4/c1-11-6-8-13(9-7-11)21-15-10-14(17(18,19)20)23-16(24-15)22-12-4-2-3-5-12/h6-10,12H,2-5H2,1H3,(H2,21,22,23,24). The topological polar surface area (TPSA) is 49.8 Å². The highest BCUT2D eigenvalue weighted by Crippen LogP contribution is 2.31. The van der Waals surface area contributed by atoms with Gasteiger partial charge in [-0.05, 0) is 31.9 Å². The minimum Gasteiger partial charge on any atom is -0.351 e. The van der Waals surface area contributed by atoms with Crippen molar-refractivity contribution in [3.05, 3.63) is 41.6 Å². The predicted octanol–water partition coefficient (Wildman–Crippen LogP) is 4.90. The van der Waals surface area contributed by atoms with Crippen molar-refractivity contribution >= 4 is 17.5 Å². The Morgan fingerprint density at radius 1 is 1.04 bits per heavy atom. The molecule has 2 N–H and O–H groups in total. The zero-order chi connectivity index (χ0) is 17.2. The first-order chi connectivity index (χ1) is 11.4. The Bertz CT molecular complexity index is 692. The zero-order valence-electron chi connectivity index (χ0n) is 13.3. The monoisotopic (exact) mass is 336 g/mol. The number of aromatic nitrogens is 2. The second kappa shape index (κ2) is 6.67. The summed E-state index contributed by atoms with van der Waals surface area (Å²) in [6.45, 7) is 1.94. The minimum atomic E-state index is -4.52. The van der Waals surface area contributed by atoms with Crippen LogP contribution in [0.15, 0.2) is 30.3 Å². The Kier molecular flexibility index (Phi) is 4.59. The average molecular weight is 336 g/mol. The van der Waals surface area contributed by atoms with E-state index in [-0.39, 0.29) is 17.8 Å². The fourth-order valence-corrected chi connectivity index (χ4v) is 2.76. The van der Waals surface area contributed by atoms with Crippen molar-refractivity contribution in [1.29, 1.82) is 0 Å². The molecule has 0 saturated heterocycles. The number of hydrogen-bond acceptors (Lipinski definition) is 4. The van der Waals surface area contributed by atoms with E-state index < -0.39 is 11.9 Å². The van der Waals surface area contributed by atoms with Gasteiger partial charge in [0.2, 0.25) is 5.95 Å². The lowest BCUT2D eigenvalue weighted by atomic mass is 10.2. The summed E-state index contributed by atoms with van der Waals surface area (Å²) in [6.07, 6.45) is -0.504.